The van der Waals surface area contributed by atoms with E-state index < -0.39 is 30.0 Å². The first-order chi connectivity index (χ1) is 14.4. The zero-order valence-corrected chi connectivity index (χ0v) is 16.8. The number of benzene rings is 1. The Bertz CT molecular complexity index is 1190. The summed E-state index contributed by atoms with van der Waals surface area (Å²) < 4.78 is 6.54. The number of amides is 3. The van der Waals surface area contributed by atoms with Gasteiger partial charge in [-0.2, -0.15) is 0 Å². The van der Waals surface area contributed by atoms with Crippen molar-refractivity contribution in [3.63, 3.8) is 0 Å². The molecular weight excluding hydrogens is 408 g/mol. The van der Waals surface area contributed by atoms with E-state index in [4.69, 9.17) is 4.74 Å². The van der Waals surface area contributed by atoms with Crippen LogP contribution in [0.1, 0.15) is 24.6 Å². The van der Waals surface area contributed by atoms with Gasteiger partial charge in [-0.15, -0.1) is 11.3 Å². The van der Waals surface area contributed by atoms with Gasteiger partial charge in [-0.05, 0) is 12.0 Å². The van der Waals surface area contributed by atoms with Gasteiger partial charge < -0.3 is 10.1 Å². The van der Waals surface area contributed by atoms with Gasteiger partial charge in [0.05, 0.1) is 5.69 Å². The lowest BCUT2D eigenvalue weighted by molar-refractivity contribution is -0.149. The van der Waals surface area contributed by atoms with Gasteiger partial charge in [-0.3, -0.25) is 23.7 Å². The average molecular weight is 426 g/mol. The third kappa shape index (κ3) is 3.35. The molecule has 0 radical (unpaired) electrons. The van der Waals surface area contributed by atoms with E-state index in [9.17, 15) is 19.2 Å². The fourth-order valence-corrected chi connectivity index (χ4v) is 4.16. The highest BCUT2D eigenvalue weighted by atomic mass is 32.1. The topological polar surface area (TPSA) is 110 Å². The van der Waals surface area contributed by atoms with Crippen molar-refractivity contribution < 1.29 is 19.1 Å². The van der Waals surface area contributed by atoms with Crippen LogP contribution in [0, 0.1) is 0 Å². The number of carbonyl (C=O) groups excluding carboxylic acids is 3. The highest BCUT2D eigenvalue weighted by Gasteiger charge is 2.51. The minimum absolute atomic E-state index is 0.232. The van der Waals surface area contributed by atoms with E-state index >= 15 is 0 Å². The second kappa shape index (κ2) is 7.71. The number of ether oxygens (including phenoxy) is 1. The van der Waals surface area contributed by atoms with Crippen molar-refractivity contribution in [3.8, 4) is 0 Å². The number of nitrogens with one attached hydrogen (secondary N) is 1. The van der Waals surface area contributed by atoms with Gasteiger partial charge in [0, 0.05) is 17.6 Å². The van der Waals surface area contributed by atoms with E-state index in [2.05, 4.69) is 10.3 Å². The van der Waals surface area contributed by atoms with Crippen LogP contribution in [0.25, 0.3) is 4.96 Å². The van der Waals surface area contributed by atoms with Gasteiger partial charge in [-0.1, -0.05) is 37.3 Å². The fourth-order valence-electron chi connectivity index (χ4n) is 3.42. The molecule has 4 rings (SSSR count). The number of carbonyl (C=O) groups is 3. The number of urea groups is 1. The molecule has 1 unspecified atom stereocenters. The number of rotatable bonds is 6. The first-order valence-electron chi connectivity index (χ1n) is 9.25. The van der Waals surface area contributed by atoms with Crippen LogP contribution in [0.15, 0.2) is 52.8 Å². The van der Waals surface area contributed by atoms with E-state index in [0.29, 0.717) is 22.6 Å². The highest BCUT2D eigenvalue weighted by Crippen LogP contribution is 2.32. The lowest BCUT2D eigenvalue weighted by Crippen LogP contribution is -2.44. The van der Waals surface area contributed by atoms with Crippen LogP contribution in [-0.4, -0.2) is 38.7 Å². The Morgan fingerprint density at radius 2 is 2.00 bits per heavy atom. The normalized spacial score (nSPS) is 18.6. The number of thiazole rings is 1. The molecule has 0 saturated carbocycles. The van der Waals surface area contributed by atoms with E-state index in [1.54, 1.807) is 42.8 Å². The maximum absolute atomic E-state index is 13.0. The molecule has 3 heterocycles. The number of imide groups is 1. The molecule has 0 spiro atoms. The zero-order chi connectivity index (χ0) is 21.3. The Morgan fingerprint density at radius 1 is 1.23 bits per heavy atom. The minimum Gasteiger partial charge on any atom is -0.458 e. The molecule has 9 nitrogen and oxygen atoms in total. The van der Waals surface area contributed by atoms with Crippen LogP contribution < -0.4 is 10.9 Å². The van der Waals surface area contributed by atoms with Crippen LogP contribution in [0.2, 0.25) is 0 Å². The van der Waals surface area contributed by atoms with Crippen LogP contribution in [0.5, 0.6) is 0 Å². The van der Waals surface area contributed by atoms with E-state index in [-0.39, 0.29) is 12.2 Å². The number of hydrogen-bond acceptors (Lipinski definition) is 7. The number of fused-ring (bicyclic) bond motifs is 1. The predicted octanol–water partition coefficient (Wildman–Crippen LogP) is 1.66. The number of nitrogens with zero attached hydrogens (tertiary/aromatic N) is 3. The van der Waals surface area contributed by atoms with Crippen LogP contribution >= 0.6 is 11.3 Å². The quantitative estimate of drug-likeness (QED) is 0.474. The molecule has 1 aliphatic heterocycles. The van der Waals surface area contributed by atoms with Crippen LogP contribution in [-0.2, 0) is 26.5 Å². The third-order valence-corrected chi connectivity index (χ3v) is 5.75. The lowest BCUT2D eigenvalue weighted by atomic mass is 9.87. The van der Waals surface area contributed by atoms with Crippen molar-refractivity contribution in [2.45, 2.75) is 25.5 Å². The molecule has 1 atom stereocenters. The van der Waals surface area contributed by atoms with Crippen molar-refractivity contribution >= 4 is 34.2 Å². The molecule has 3 amide bonds. The number of esters is 1. The highest BCUT2D eigenvalue weighted by molar-refractivity contribution is 7.15. The Balaban J connectivity index is 1.45. The molecule has 2 aromatic heterocycles. The second-order valence-electron chi connectivity index (χ2n) is 6.75. The van der Waals surface area contributed by atoms with Crippen LogP contribution in [0.4, 0.5) is 4.79 Å². The average Bonchev–Trinajstić information content (AvgIpc) is 3.32. The lowest BCUT2D eigenvalue weighted by Gasteiger charge is -2.25. The summed E-state index contributed by atoms with van der Waals surface area (Å²) in [7, 11) is 0. The Labute approximate surface area is 174 Å². The molecule has 0 aliphatic carbocycles. The molecule has 1 aromatic carbocycles. The first kappa shape index (κ1) is 19.8. The number of aromatic nitrogens is 2. The summed E-state index contributed by atoms with van der Waals surface area (Å²) in [5.74, 6) is -1.28. The summed E-state index contributed by atoms with van der Waals surface area (Å²) in [6.45, 7) is 1.03. The third-order valence-electron chi connectivity index (χ3n) is 5.00. The fraction of sp³-hybridized carbons (Fsp3) is 0.250. The monoisotopic (exact) mass is 426 g/mol. The smallest absolute Gasteiger partial charge is 0.326 e. The van der Waals surface area contributed by atoms with Gasteiger partial charge >= 0.3 is 12.0 Å². The van der Waals surface area contributed by atoms with E-state index in [0.717, 1.165) is 4.90 Å². The SMILES string of the molecule is CCC1(c2ccccc2)NC(=O)N(CC(=O)OCc2cc(=O)n3ccsc3n2)C1=O. The summed E-state index contributed by atoms with van der Waals surface area (Å²) in [5.41, 5.74) is -0.549. The van der Waals surface area contributed by atoms with Crippen molar-refractivity contribution in [2.75, 3.05) is 6.54 Å². The van der Waals surface area contributed by atoms with Crippen molar-refractivity contribution in [1.82, 2.24) is 19.6 Å². The molecule has 1 N–H and O–H groups in total. The predicted molar refractivity (Wildman–Crippen MR) is 108 cm³/mol. The van der Waals surface area contributed by atoms with Gasteiger partial charge in [-0.25, -0.2) is 9.78 Å². The van der Waals surface area contributed by atoms with Crippen molar-refractivity contribution in [1.29, 1.82) is 0 Å². The van der Waals surface area contributed by atoms with Crippen LogP contribution in [0.3, 0.4) is 0 Å². The summed E-state index contributed by atoms with van der Waals surface area (Å²) in [4.78, 5) is 55.3. The molecule has 1 aliphatic rings. The van der Waals surface area contributed by atoms with Crippen molar-refractivity contribution in [3.05, 3.63) is 69.6 Å². The Kier molecular flexibility index (Phi) is 5.08. The summed E-state index contributed by atoms with van der Waals surface area (Å²) >= 11 is 1.28. The minimum atomic E-state index is -1.21. The molecular formula is C20H18N4O5S. The van der Waals surface area contributed by atoms with E-state index in [1.807, 2.05) is 6.07 Å². The Morgan fingerprint density at radius 3 is 2.73 bits per heavy atom. The molecule has 1 fully saturated rings. The van der Waals surface area contributed by atoms with Crippen molar-refractivity contribution in [2.24, 2.45) is 0 Å². The van der Waals surface area contributed by atoms with Gasteiger partial charge in [0.25, 0.3) is 11.5 Å². The zero-order valence-electron chi connectivity index (χ0n) is 16.0. The molecule has 30 heavy (non-hydrogen) atoms. The van der Waals surface area contributed by atoms with Gasteiger partial charge in [0.15, 0.2) is 4.96 Å². The first-order valence-corrected chi connectivity index (χ1v) is 10.1. The maximum Gasteiger partial charge on any atom is 0.326 e. The molecule has 154 valence electrons. The maximum atomic E-state index is 13.0. The number of hydrogen-bond donors (Lipinski definition) is 1. The second-order valence-corrected chi connectivity index (χ2v) is 7.62. The van der Waals surface area contributed by atoms with Gasteiger partial charge in [0.1, 0.15) is 18.7 Å². The Hall–Kier alpha value is -3.53. The summed E-state index contributed by atoms with van der Waals surface area (Å²) in [6.07, 6.45) is 1.94. The molecule has 10 heteroatoms. The largest absolute Gasteiger partial charge is 0.458 e. The summed E-state index contributed by atoms with van der Waals surface area (Å²) in [5, 5.41) is 4.44. The molecule has 1 saturated heterocycles. The van der Waals surface area contributed by atoms with Gasteiger partial charge in [0.2, 0.25) is 0 Å². The molecule has 3 aromatic rings. The molecule has 0 bridgehead atoms. The summed E-state index contributed by atoms with van der Waals surface area (Å²) in [6, 6.07) is 9.52. The van der Waals surface area contributed by atoms with E-state index in [1.165, 1.54) is 21.8 Å². The standard InChI is InChI=1S/C20H18N4O5S/c1-2-20(13-6-4-3-5-7-13)17(27)24(18(28)22-20)11-16(26)29-12-14-10-15(25)23-8-9-30-19(23)21-14/h3-10H,2,11-12H2,1H3,(H,22,28).